The lowest BCUT2D eigenvalue weighted by Crippen LogP contribution is -2.21. The number of thiocarbonyl (C=S) groups is 1. The second-order valence-electron chi connectivity index (χ2n) is 2.76. The number of halogens is 1. The number of nitrogens with two attached hydrogens (primary N) is 1. The van der Waals surface area contributed by atoms with Crippen molar-refractivity contribution >= 4 is 28.9 Å². The Hall–Kier alpha value is -1.69. The number of hydrogen-bond donors (Lipinski definition) is 3. The highest BCUT2D eigenvalue weighted by molar-refractivity contribution is 7.80. The van der Waals surface area contributed by atoms with Gasteiger partial charge in [-0.1, -0.05) is 0 Å². The molecule has 0 spiro atoms. The van der Waals surface area contributed by atoms with Gasteiger partial charge in [-0.2, -0.15) is 0 Å². The van der Waals surface area contributed by atoms with Gasteiger partial charge in [0.15, 0.2) is 5.11 Å². The third kappa shape index (κ3) is 2.88. The summed E-state index contributed by atoms with van der Waals surface area (Å²) in [6, 6.07) is 3.99. The normalized spacial score (nSPS) is 9.47. The molecule has 0 aliphatic heterocycles. The van der Waals surface area contributed by atoms with E-state index < -0.39 is 5.82 Å². The second kappa shape index (κ2) is 4.70. The smallest absolute Gasteiger partial charge is 0.251 e. The molecule has 0 saturated heterocycles. The van der Waals surface area contributed by atoms with Crippen LogP contribution < -0.4 is 16.4 Å². The maximum Gasteiger partial charge on any atom is 0.251 e. The molecule has 1 aromatic carbocycles. The molecule has 1 aromatic rings. The number of carbonyl (C=O) groups excluding carboxylic acids is 1. The van der Waals surface area contributed by atoms with Gasteiger partial charge >= 0.3 is 0 Å². The van der Waals surface area contributed by atoms with Crippen LogP contribution in [0.1, 0.15) is 10.4 Å². The standard InChI is InChI=1S/C9H10FN3OS/c1-12-8(14)5-2-3-7(6(10)4-5)13-9(11)15/h2-4H,1H3,(H,12,14)(H3,11,13,15). The molecular formula is C9H10FN3OS. The molecule has 0 atom stereocenters. The first-order valence-electron chi connectivity index (χ1n) is 4.12. The minimum Gasteiger partial charge on any atom is -0.376 e. The van der Waals surface area contributed by atoms with Gasteiger partial charge in [-0.25, -0.2) is 4.39 Å². The lowest BCUT2D eigenvalue weighted by atomic mass is 10.2. The molecule has 1 rings (SSSR count). The van der Waals surface area contributed by atoms with E-state index in [4.69, 9.17) is 5.73 Å². The largest absolute Gasteiger partial charge is 0.376 e. The Labute approximate surface area is 91.7 Å². The summed E-state index contributed by atoms with van der Waals surface area (Å²) >= 11 is 4.57. The monoisotopic (exact) mass is 227 g/mol. The molecule has 0 heterocycles. The lowest BCUT2D eigenvalue weighted by molar-refractivity contribution is 0.0962. The van der Waals surface area contributed by atoms with Crippen molar-refractivity contribution in [3.05, 3.63) is 29.6 Å². The Morgan fingerprint density at radius 2 is 2.20 bits per heavy atom. The number of nitrogens with one attached hydrogen (secondary N) is 2. The number of carbonyl (C=O) groups is 1. The predicted octanol–water partition coefficient (Wildman–Crippen LogP) is 0.841. The zero-order chi connectivity index (χ0) is 11.4. The van der Waals surface area contributed by atoms with E-state index in [0.717, 1.165) is 6.07 Å². The van der Waals surface area contributed by atoms with Crippen LogP contribution in [0.2, 0.25) is 0 Å². The van der Waals surface area contributed by atoms with E-state index in [1.807, 2.05) is 0 Å². The number of hydrogen-bond acceptors (Lipinski definition) is 2. The Balaban J connectivity index is 2.97. The molecule has 80 valence electrons. The highest BCUT2D eigenvalue weighted by Crippen LogP contribution is 2.15. The predicted molar refractivity (Wildman–Crippen MR) is 60.2 cm³/mol. The van der Waals surface area contributed by atoms with E-state index in [1.165, 1.54) is 19.2 Å². The topological polar surface area (TPSA) is 67.2 Å². The van der Waals surface area contributed by atoms with Crippen molar-refractivity contribution in [1.29, 1.82) is 0 Å². The van der Waals surface area contributed by atoms with Crippen molar-refractivity contribution in [3.63, 3.8) is 0 Å². The molecule has 1 amide bonds. The average molecular weight is 227 g/mol. The van der Waals surface area contributed by atoms with Crippen molar-refractivity contribution in [2.75, 3.05) is 12.4 Å². The molecule has 0 radical (unpaired) electrons. The van der Waals surface area contributed by atoms with Crippen LogP contribution in [0.4, 0.5) is 10.1 Å². The third-order valence-electron chi connectivity index (χ3n) is 1.72. The molecule has 0 saturated carbocycles. The second-order valence-corrected chi connectivity index (χ2v) is 3.20. The maximum absolute atomic E-state index is 13.3. The van der Waals surface area contributed by atoms with Crippen molar-refractivity contribution in [3.8, 4) is 0 Å². The molecule has 15 heavy (non-hydrogen) atoms. The minimum atomic E-state index is -0.580. The molecule has 0 fully saturated rings. The zero-order valence-corrected chi connectivity index (χ0v) is 8.82. The van der Waals surface area contributed by atoms with Crippen LogP contribution in [0, 0.1) is 5.82 Å². The van der Waals surface area contributed by atoms with Gasteiger partial charge in [0.2, 0.25) is 0 Å². The third-order valence-corrected chi connectivity index (χ3v) is 1.82. The van der Waals surface area contributed by atoms with Gasteiger partial charge in [0, 0.05) is 12.6 Å². The molecular weight excluding hydrogens is 217 g/mol. The molecule has 0 aliphatic rings. The number of anilines is 1. The van der Waals surface area contributed by atoms with Crippen LogP contribution in [0.25, 0.3) is 0 Å². The molecule has 4 nitrogen and oxygen atoms in total. The first-order valence-corrected chi connectivity index (χ1v) is 4.53. The van der Waals surface area contributed by atoms with Crippen LogP contribution in [0.15, 0.2) is 18.2 Å². The van der Waals surface area contributed by atoms with Crippen LogP contribution in [0.3, 0.4) is 0 Å². The molecule has 6 heteroatoms. The summed E-state index contributed by atoms with van der Waals surface area (Å²) in [4.78, 5) is 11.2. The molecule has 4 N–H and O–H groups in total. The van der Waals surface area contributed by atoms with E-state index in [-0.39, 0.29) is 22.3 Å². The van der Waals surface area contributed by atoms with Gasteiger partial charge in [-0.05, 0) is 30.4 Å². The van der Waals surface area contributed by atoms with Crippen LogP contribution >= 0.6 is 12.2 Å². The molecule has 0 aliphatic carbocycles. The van der Waals surface area contributed by atoms with Crippen molar-refractivity contribution < 1.29 is 9.18 Å². The van der Waals surface area contributed by atoms with Crippen LogP contribution in [-0.4, -0.2) is 18.1 Å². The van der Waals surface area contributed by atoms with Crippen molar-refractivity contribution in [1.82, 2.24) is 5.32 Å². The summed E-state index contributed by atoms with van der Waals surface area (Å²) in [5, 5.41) is 4.83. The SMILES string of the molecule is CNC(=O)c1ccc(NC(N)=S)c(F)c1. The fourth-order valence-corrected chi connectivity index (χ4v) is 1.14. The number of benzene rings is 1. The van der Waals surface area contributed by atoms with E-state index in [2.05, 4.69) is 22.9 Å². The van der Waals surface area contributed by atoms with E-state index in [0.29, 0.717) is 0 Å². The summed E-state index contributed by atoms with van der Waals surface area (Å²) in [6.45, 7) is 0. The molecule has 0 aromatic heterocycles. The Morgan fingerprint density at radius 1 is 1.53 bits per heavy atom. The lowest BCUT2D eigenvalue weighted by Gasteiger charge is -2.06. The summed E-state index contributed by atoms with van der Waals surface area (Å²) < 4.78 is 13.3. The minimum absolute atomic E-state index is 0.0263. The fraction of sp³-hybridized carbons (Fsp3) is 0.111. The van der Waals surface area contributed by atoms with Gasteiger partial charge in [-0.3, -0.25) is 4.79 Å². The Kier molecular flexibility index (Phi) is 3.56. The Bertz CT molecular complexity index is 408. The van der Waals surface area contributed by atoms with Crippen LogP contribution in [-0.2, 0) is 0 Å². The van der Waals surface area contributed by atoms with Crippen LogP contribution in [0.5, 0.6) is 0 Å². The molecule has 0 bridgehead atoms. The van der Waals surface area contributed by atoms with Gasteiger partial charge in [0.1, 0.15) is 5.82 Å². The number of amides is 1. The van der Waals surface area contributed by atoms with E-state index in [9.17, 15) is 9.18 Å². The van der Waals surface area contributed by atoms with Crippen molar-refractivity contribution in [2.24, 2.45) is 5.73 Å². The Morgan fingerprint density at radius 3 is 2.67 bits per heavy atom. The first kappa shape index (κ1) is 11.4. The van der Waals surface area contributed by atoms with Gasteiger partial charge in [0.25, 0.3) is 5.91 Å². The summed E-state index contributed by atoms with van der Waals surface area (Å²) in [5.74, 6) is -0.931. The van der Waals surface area contributed by atoms with Gasteiger partial charge in [0.05, 0.1) is 5.69 Å². The van der Waals surface area contributed by atoms with Gasteiger partial charge in [-0.15, -0.1) is 0 Å². The summed E-state index contributed by atoms with van der Waals surface area (Å²) in [7, 11) is 1.47. The number of rotatable bonds is 2. The fourth-order valence-electron chi connectivity index (χ4n) is 1.03. The summed E-state index contributed by atoms with van der Waals surface area (Å²) in [6.07, 6.45) is 0. The quantitative estimate of drug-likeness (QED) is 0.655. The average Bonchev–Trinajstić information content (AvgIpc) is 2.19. The van der Waals surface area contributed by atoms with Gasteiger partial charge < -0.3 is 16.4 Å². The summed E-state index contributed by atoms with van der Waals surface area (Å²) in [5.41, 5.74) is 5.58. The zero-order valence-electron chi connectivity index (χ0n) is 8.00. The van der Waals surface area contributed by atoms with Crippen molar-refractivity contribution in [2.45, 2.75) is 0 Å². The van der Waals surface area contributed by atoms with E-state index >= 15 is 0 Å². The highest BCUT2D eigenvalue weighted by Gasteiger charge is 2.08. The molecule has 0 unspecified atom stereocenters. The first-order chi connectivity index (χ1) is 7.04. The van der Waals surface area contributed by atoms with E-state index in [1.54, 1.807) is 0 Å². The highest BCUT2D eigenvalue weighted by atomic mass is 32.1. The maximum atomic E-state index is 13.3.